The number of nitrogens with one attached hydrogen (secondary N) is 1. The highest BCUT2D eigenvalue weighted by atomic mass is 19.1. The first-order valence-electron chi connectivity index (χ1n) is 8.49. The van der Waals surface area contributed by atoms with Crippen molar-refractivity contribution < 1.29 is 9.18 Å². The molecular formula is C17H21FN6O. The molecule has 1 aromatic carbocycles. The van der Waals surface area contributed by atoms with E-state index in [1.807, 2.05) is 6.20 Å². The van der Waals surface area contributed by atoms with Gasteiger partial charge in [-0.1, -0.05) is 0 Å². The summed E-state index contributed by atoms with van der Waals surface area (Å²) in [4.78, 5) is 17.3. The molecule has 2 aromatic heterocycles. The molecule has 0 aliphatic carbocycles. The lowest BCUT2D eigenvalue weighted by Gasteiger charge is -2.31. The Kier molecular flexibility index (Phi) is 3.93. The zero-order valence-electron chi connectivity index (χ0n) is 13.8. The maximum atomic E-state index is 13.8. The van der Waals surface area contributed by atoms with Gasteiger partial charge in [0, 0.05) is 18.7 Å². The fourth-order valence-corrected chi connectivity index (χ4v) is 3.84. The number of halogens is 1. The summed E-state index contributed by atoms with van der Waals surface area (Å²) in [6, 6.07) is 2.52. The predicted octanol–water partition coefficient (Wildman–Crippen LogP) is 1.19. The third kappa shape index (κ3) is 2.67. The highest BCUT2D eigenvalue weighted by Crippen LogP contribution is 2.32. The molecule has 1 aliphatic rings. The van der Waals surface area contributed by atoms with Crippen molar-refractivity contribution in [3.05, 3.63) is 35.3 Å². The summed E-state index contributed by atoms with van der Waals surface area (Å²) >= 11 is 0. The molecule has 7 nitrogen and oxygen atoms in total. The van der Waals surface area contributed by atoms with Crippen molar-refractivity contribution in [1.82, 2.24) is 19.5 Å². The summed E-state index contributed by atoms with van der Waals surface area (Å²) in [5.74, 6) is -0.790. The first-order valence-corrected chi connectivity index (χ1v) is 8.49. The number of H-pyrrole nitrogens is 1. The number of piperidine rings is 1. The lowest BCUT2D eigenvalue weighted by atomic mass is 9.91. The van der Waals surface area contributed by atoms with Crippen LogP contribution in [0.1, 0.15) is 34.7 Å². The number of fused-ring (bicyclic) bond motifs is 3. The van der Waals surface area contributed by atoms with Crippen molar-refractivity contribution in [2.75, 3.05) is 26.2 Å². The average molecular weight is 344 g/mol. The molecule has 8 heteroatoms. The molecule has 4 rings (SSSR count). The number of nitrogens with zero attached hydrogens (tertiary/aromatic N) is 3. The molecule has 0 spiro atoms. The second-order valence-electron chi connectivity index (χ2n) is 6.60. The summed E-state index contributed by atoms with van der Waals surface area (Å²) in [5.41, 5.74) is 14.1. The first kappa shape index (κ1) is 16.0. The number of aromatic amines is 1. The van der Waals surface area contributed by atoms with Gasteiger partial charge in [0.25, 0.3) is 5.91 Å². The molecule has 1 aliphatic heterocycles. The molecule has 0 atom stereocenters. The van der Waals surface area contributed by atoms with Crippen molar-refractivity contribution in [2.24, 2.45) is 11.5 Å². The Bertz CT molecular complexity index is 938. The van der Waals surface area contributed by atoms with Gasteiger partial charge in [-0.2, -0.15) is 5.10 Å². The van der Waals surface area contributed by atoms with Crippen LogP contribution in [0.15, 0.2) is 18.3 Å². The zero-order valence-corrected chi connectivity index (χ0v) is 13.8. The van der Waals surface area contributed by atoms with E-state index in [1.165, 1.54) is 6.07 Å². The Balaban J connectivity index is 1.75. The normalized spacial score (nSPS) is 16.9. The third-order valence-electron chi connectivity index (χ3n) is 5.08. The van der Waals surface area contributed by atoms with Gasteiger partial charge in [0.1, 0.15) is 17.0 Å². The van der Waals surface area contributed by atoms with Crippen molar-refractivity contribution in [3.63, 3.8) is 0 Å². The smallest absolute Gasteiger partial charge is 0.251 e. The van der Waals surface area contributed by atoms with Crippen LogP contribution in [0.2, 0.25) is 0 Å². The van der Waals surface area contributed by atoms with E-state index in [2.05, 4.69) is 15.0 Å². The van der Waals surface area contributed by atoms with Crippen LogP contribution < -0.4 is 11.5 Å². The number of hydrogen-bond donors (Lipinski definition) is 3. The summed E-state index contributed by atoms with van der Waals surface area (Å²) in [7, 11) is 0. The van der Waals surface area contributed by atoms with Gasteiger partial charge in [0.2, 0.25) is 0 Å². The molecule has 1 fully saturated rings. The van der Waals surface area contributed by atoms with E-state index >= 15 is 0 Å². The maximum absolute atomic E-state index is 13.8. The van der Waals surface area contributed by atoms with E-state index < -0.39 is 11.7 Å². The second-order valence-corrected chi connectivity index (χ2v) is 6.60. The quantitative estimate of drug-likeness (QED) is 0.661. The van der Waals surface area contributed by atoms with Gasteiger partial charge in [-0.05, 0) is 44.0 Å². The number of primary amides is 1. The van der Waals surface area contributed by atoms with Crippen LogP contribution in [0.5, 0.6) is 0 Å². The topological polar surface area (TPSA) is 105 Å². The van der Waals surface area contributed by atoms with Gasteiger partial charge >= 0.3 is 0 Å². The Morgan fingerprint density at radius 3 is 2.80 bits per heavy atom. The van der Waals surface area contributed by atoms with Crippen molar-refractivity contribution in [1.29, 1.82) is 0 Å². The van der Waals surface area contributed by atoms with Gasteiger partial charge in [0.05, 0.1) is 17.3 Å². The standard InChI is InChI=1S/C17H21FN6O/c18-11-7-12(16(20)25)15-14(8-11)22-17-13(9-21-24(15)17)10-1-4-23(5-2-10)6-3-19/h7-10,22H,1-6,19H2,(H2,20,25). The van der Waals surface area contributed by atoms with Crippen LogP contribution in [0, 0.1) is 5.82 Å². The molecular weight excluding hydrogens is 323 g/mol. The fourth-order valence-electron chi connectivity index (χ4n) is 3.84. The largest absolute Gasteiger partial charge is 0.366 e. The van der Waals surface area contributed by atoms with E-state index in [1.54, 1.807) is 4.52 Å². The number of hydrogen-bond acceptors (Lipinski definition) is 4. The molecule has 0 radical (unpaired) electrons. The molecule has 132 valence electrons. The SMILES string of the molecule is NCCN1CCC(c2cnn3c2[nH]c2cc(F)cc(C(N)=O)c23)CC1. The van der Waals surface area contributed by atoms with Crippen molar-refractivity contribution in [3.8, 4) is 0 Å². The van der Waals surface area contributed by atoms with Crippen LogP contribution in [0.25, 0.3) is 16.7 Å². The number of likely N-dealkylation sites (tertiary alicyclic amines) is 1. The Morgan fingerprint density at radius 1 is 1.36 bits per heavy atom. The molecule has 0 unspecified atom stereocenters. The molecule has 1 saturated heterocycles. The molecule has 3 aromatic rings. The Morgan fingerprint density at radius 2 is 2.12 bits per heavy atom. The molecule has 0 bridgehead atoms. The minimum Gasteiger partial charge on any atom is -0.366 e. The zero-order chi connectivity index (χ0) is 17.6. The van der Waals surface area contributed by atoms with Gasteiger partial charge in [0.15, 0.2) is 0 Å². The number of benzene rings is 1. The van der Waals surface area contributed by atoms with Gasteiger partial charge in [-0.15, -0.1) is 0 Å². The molecule has 1 amide bonds. The van der Waals surface area contributed by atoms with Crippen molar-refractivity contribution >= 4 is 22.6 Å². The average Bonchev–Trinajstić information content (AvgIpc) is 3.13. The fraction of sp³-hybridized carbons (Fsp3) is 0.412. The van der Waals surface area contributed by atoms with Gasteiger partial charge in [-0.25, -0.2) is 8.91 Å². The summed E-state index contributed by atoms with van der Waals surface area (Å²) in [6.45, 7) is 3.59. The number of carbonyl (C=O) groups is 1. The maximum Gasteiger partial charge on any atom is 0.251 e. The summed E-state index contributed by atoms with van der Waals surface area (Å²) in [5, 5.41) is 4.43. The lowest BCUT2D eigenvalue weighted by Crippen LogP contribution is -2.36. The van der Waals surface area contributed by atoms with E-state index in [-0.39, 0.29) is 5.56 Å². The minimum atomic E-state index is -0.669. The molecule has 0 saturated carbocycles. The second kappa shape index (κ2) is 6.12. The number of amides is 1. The summed E-state index contributed by atoms with van der Waals surface area (Å²) < 4.78 is 15.5. The van der Waals surface area contributed by atoms with E-state index in [9.17, 15) is 9.18 Å². The van der Waals surface area contributed by atoms with Crippen LogP contribution >= 0.6 is 0 Å². The van der Waals surface area contributed by atoms with Crippen LogP contribution in [0.4, 0.5) is 4.39 Å². The lowest BCUT2D eigenvalue weighted by molar-refractivity contribution is 0.100. The number of imidazole rings is 1. The Labute approximate surface area is 143 Å². The van der Waals surface area contributed by atoms with Crippen LogP contribution in [-0.2, 0) is 0 Å². The van der Waals surface area contributed by atoms with E-state index in [0.717, 1.165) is 49.8 Å². The Hall–Kier alpha value is -2.45. The van der Waals surface area contributed by atoms with Crippen molar-refractivity contribution in [2.45, 2.75) is 18.8 Å². The van der Waals surface area contributed by atoms with Gasteiger partial charge in [-0.3, -0.25) is 4.79 Å². The first-order chi connectivity index (χ1) is 12.1. The minimum absolute atomic E-state index is 0.133. The summed E-state index contributed by atoms with van der Waals surface area (Å²) in [6.07, 6.45) is 3.88. The van der Waals surface area contributed by atoms with Gasteiger partial charge < -0.3 is 21.4 Å². The number of nitrogens with two attached hydrogens (primary N) is 2. The highest BCUT2D eigenvalue weighted by molar-refractivity contribution is 6.05. The predicted molar refractivity (Wildman–Crippen MR) is 93.0 cm³/mol. The molecule has 5 N–H and O–H groups in total. The van der Waals surface area contributed by atoms with Crippen LogP contribution in [0.3, 0.4) is 0 Å². The monoisotopic (exact) mass is 344 g/mol. The number of carbonyl (C=O) groups excluding carboxylic acids is 1. The van der Waals surface area contributed by atoms with E-state index in [0.29, 0.717) is 23.5 Å². The highest BCUT2D eigenvalue weighted by Gasteiger charge is 2.25. The molecule has 3 heterocycles. The van der Waals surface area contributed by atoms with E-state index in [4.69, 9.17) is 11.5 Å². The third-order valence-corrected chi connectivity index (χ3v) is 5.08. The van der Waals surface area contributed by atoms with Crippen LogP contribution in [-0.4, -0.2) is 51.6 Å². The number of aromatic nitrogens is 3. The molecule has 25 heavy (non-hydrogen) atoms. The number of rotatable bonds is 4.